The Labute approximate surface area is 77.9 Å². The molecule has 13 heavy (non-hydrogen) atoms. The molecule has 4 nitrogen and oxygen atoms in total. The minimum Gasteiger partial charge on any atom is -0.381 e. The van der Waals surface area contributed by atoms with Crippen LogP contribution in [-0.4, -0.2) is 25.7 Å². The Morgan fingerprint density at radius 2 is 2.23 bits per heavy atom. The standard InChI is InChI=1S/C9H14N2O2/c10-4-1-5-11-9(12)8-2-6-13-7-3-8/h8H,1-3,5-7H2,(H,11,12). The summed E-state index contributed by atoms with van der Waals surface area (Å²) in [5, 5.41) is 11.0. The van der Waals surface area contributed by atoms with Gasteiger partial charge in [-0.25, -0.2) is 0 Å². The fourth-order valence-electron chi connectivity index (χ4n) is 1.35. The van der Waals surface area contributed by atoms with Gasteiger partial charge in [0.2, 0.25) is 5.91 Å². The first-order valence-electron chi connectivity index (χ1n) is 4.57. The van der Waals surface area contributed by atoms with Gasteiger partial charge in [-0.15, -0.1) is 0 Å². The summed E-state index contributed by atoms with van der Waals surface area (Å²) in [5.74, 6) is 0.158. The van der Waals surface area contributed by atoms with E-state index < -0.39 is 0 Å². The van der Waals surface area contributed by atoms with Crippen LogP contribution in [0.1, 0.15) is 19.3 Å². The number of hydrogen-bond acceptors (Lipinski definition) is 3. The van der Waals surface area contributed by atoms with Crippen LogP contribution in [0.4, 0.5) is 0 Å². The van der Waals surface area contributed by atoms with E-state index in [-0.39, 0.29) is 11.8 Å². The largest absolute Gasteiger partial charge is 0.381 e. The van der Waals surface area contributed by atoms with E-state index in [9.17, 15) is 4.79 Å². The molecule has 0 unspecified atom stereocenters. The van der Waals surface area contributed by atoms with Gasteiger partial charge in [0.15, 0.2) is 0 Å². The lowest BCUT2D eigenvalue weighted by Crippen LogP contribution is -2.34. The molecule has 0 aliphatic carbocycles. The summed E-state index contributed by atoms with van der Waals surface area (Å²) >= 11 is 0. The predicted molar refractivity (Wildman–Crippen MR) is 46.8 cm³/mol. The highest BCUT2D eigenvalue weighted by Crippen LogP contribution is 2.14. The Morgan fingerprint density at radius 1 is 1.54 bits per heavy atom. The monoisotopic (exact) mass is 182 g/mol. The number of nitrogens with zero attached hydrogens (tertiary/aromatic N) is 1. The number of rotatable bonds is 3. The number of hydrogen-bond donors (Lipinski definition) is 1. The molecule has 0 aromatic rings. The summed E-state index contributed by atoms with van der Waals surface area (Å²) in [5.41, 5.74) is 0. The van der Waals surface area contributed by atoms with Crippen LogP contribution in [0.5, 0.6) is 0 Å². The molecule has 1 heterocycles. The highest BCUT2D eigenvalue weighted by atomic mass is 16.5. The van der Waals surface area contributed by atoms with Crippen molar-refractivity contribution in [3.63, 3.8) is 0 Å². The molecular weight excluding hydrogens is 168 g/mol. The average molecular weight is 182 g/mol. The molecule has 1 rings (SSSR count). The van der Waals surface area contributed by atoms with Gasteiger partial charge in [-0.2, -0.15) is 5.26 Å². The zero-order valence-electron chi connectivity index (χ0n) is 7.58. The van der Waals surface area contributed by atoms with Crippen molar-refractivity contribution in [2.45, 2.75) is 19.3 Å². The van der Waals surface area contributed by atoms with Crippen molar-refractivity contribution >= 4 is 5.91 Å². The molecule has 1 aliphatic heterocycles. The van der Waals surface area contributed by atoms with Gasteiger partial charge in [0.1, 0.15) is 0 Å². The summed E-state index contributed by atoms with van der Waals surface area (Å²) in [6.45, 7) is 1.82. The number of carbonyl (C=O) groups is 1. The lowest BCUT2D eigenvalue weighted by molar-refractivity contribution is -0.127. The summed E-state index contributed by atoms with van der Waals surface area (Å²) < 4.78 is 5.14. The van der Waals surface area contributed by atoms with Crippen molar-refractivity contribution in [2.75, 3.05) is 19.8 Å². The quantitative estimate of drug-likeness (QED) is 0.644. The van der Waals surface area contributed by atoms with Crippen molar-refractivity contribution < 1.29 is 9.53 Å². The molecule has 1 amide bonds. The van der Waals surface area contributed by atoms with Crippen LogP contribution < -0.4 is 5.32 Å². The molecule has 1 aliphatic rings. The van der Waals surface area contributed by atoms with Crippen molar-refractivity contribution in [1.29, 1.82) is 5.26 Å². The molecular formula is C9H14N2O2. The Kier molecular flexibility index (Phi) is 4.27. The number of amides is 1. The van der Waals surface area contributed by atoms with Crippen LogP contribution in [0.3, 0.4) is 0 Å². The molecule has 0 aromatic carbocycles. The zero-order chi connectivity index (χ0) is 9.52. The van der Waals surface area contributed by atoms with Crippen LogP contribution in [0.2, 0.25) is 0 Å². The number of nitrogens with one attached hydrogen (secondary N) is 1. The topological polar surface area (TPSA) is 62.1 Å². The number of nitriles is 1. The van der Waals surface area contributed by atoms with E-state index in [1.54, 1.807) is 0 Å². The van der Waals surface area contributed by atoms with Crippen LogP contribution in [0.25, 0.3) is 0 Å². The normalized spacial score (nSPS) is 17.8. The van der Waals surface area contributed by atoms with E-state index in [4.69, 9.17) is 10.00 Å². The SMILES string of the molecule is N#CCCNC(=O)C1CCOCC1. The molecule has 0 saturated carbocycles. The lowest BCUT2D eigenvalue weighted by atomic mass is 9.99. The maximum absolute atomic E-state index is 11.4. The Morgan fingerprint density at radius 3 is 2.85 bits per heavy atom. The van der Waals surface area contributed by atoms with E-state index in [0.29, 0.717) is 26.2 Å². The van der Waals surface area contributed by atoms with Gasteiger partial charge in [-0.05, 0) is 12.8 Å². The molecule has 0 spiro atoms. The molecule has 0 radical (unpaired) electrons. The smallest absolute Gasteiger partial charge is 0.223 e. The van der Waals surface area contributed by atoms with Crippen molar-refractivity contribution in [2.24, 2.45) is 5.92 Å². The van der Waals surface area contributed by atoms with Gasteiger partial charge in [0.25, 0.3) is 0 Å². The van der Waals surface area contributed by atoms with Gasteiger partial charge in [-0.3, -0.25) is 4.79 Å². The van der Waals surface area contributed by atoms with Crippen LogP contribution in [0, 0.1) is 17.2 Å². The van der Waals surface area contributed by atoms with E-state index in [1.807, 2.05) is 6.07 Å². The zero-order valence-corrected chi connectivity index (χ0v) is 7.58. The first-order valence-corrected chi connectivity index (χ1v) is 4.57. The summed E-state index contributed by atoms with van der Waals surface area (Å²) in [6, 6.07) is 1.99. The predicted octanol–water partition coefficient (Wildman–Crippen LogP) is 0.443. The van der Waals surface area contributed by atoms with Gasteiger partial charge in [0, 0.05) is 25.7 Å². The Bertz CT molecular complexity index is 204. The second kappa shape index (κ2) is 5.55. The molecule has 1 N–H and O–H groups in total. The van der Waals surface area contributed by atoms with Crippen LogP contribution in [0.15, 0.2) is 0 Å². The van der Waals surface area contributed by atoms with Crippen molar-refractivity contribution in [3.8, 4) is 6.07 Å². The third-order valence-electron chi connectivity index (χ3n) is 2.13. The summed E-state index contributed by atoms with van der Waals surface area (Å²) in [7, 11) is 0. The molecule has 0 atom stereocenters. The van der Waals surface area contributed by atoms with Gasteiger partial charge < -0.3 is 10.1 Å². The van der Waals surface area contributed by atoms with Gasteiger partial charge in [-0.1, -0.05) is 0 Å². The Hall–Kier alpha value is -1.08. The van der Waals surface area contributed by atoms with Crippen molar-refractivity contribution in [3.05, 3.63) is 0 Å². The third kappa shape index (κ3) is 3.43. The van der Waals surface area contributed by atoms with Crippen molar-refractivity contribution in [1.82, 2.24) is 5.32 Å². The fraction of sp³-hybridized carbons (Fsp3) is 0.778. The maximum atomic E-state index is 11.4. The molecule has 1 saturated heterocycles. The average Bonchev–Trinajstić information content (AvgIpc) is 2.19. The Balaban J connectivity index is 2.18. The van der Waals surface area contributed by atoms with Gasteiger partial charge >= 0.3 is 0 Å². The van der Waals surface area contributed by atoms with E-state index in [1.165, 1.54) is 0 Å². The highest BCUT2D eigenvalue weighted by molar-refractivity contribution is 5.78. The highest BCUT2D eigenvalue weighted by Gasteiger charge is 2.20. The number of ether oxygens (including phenoxy) is 1. The van der Waals surface area contributed by atoms with E-state index in [0.717, 1.165) is 12.8 Å². The van der Waals surface area contributed by atoms with Crippen LogP contribution >= 0.6 is 0 Å². The minimum absolute atomic E-state index is 0.0681. The molecule has 72 valence electrons. The molecule has 1 fully saturated rings. The van der Waals surface area contributed by atoms with Gasteiger partial charge in [0.05, 0.1) is 12.5 Å². The van der Waals surface area contributed by atoms with Crippen LogP contribution in [-0.2, 0) is 9.53 Å². The second-order valence-electron chi connectivity index (χ2n) is 3.09. The molecule has 0 aromatic heterocycles. The molecule has 4 heteroatoms. The third-order valence-corrected chi connectivity index (χ3v) is 2.13. The molecule has 0 bridgehead atoms. The lowest BCUT2D eigenvalue weighted by Gasteiger charge is -2.20. The van der Waals surface area contributed by atoms with E-state index >= 15 is 0 Å². The first-order chi connectivity index (χ1) is 6.34. The van der Waals surface area contributed by atoms with E-state index in [2.05, 4.69) is 5.32 Å². The summed E-state index contributed by atoms with van der Waals surface area (Å²) in [6.07, 6.45) is 1.99. The summed E-state index contributed by atoms with van der Waals surface area (Å²) in [4.78, 5) is 11.4. The minimum atomic E-state index is 0.0681. The number of carbonyl (C=O) groups excluding carboxylic acids is 1. The fourth-order valence-corrected chi connectivity index (χ4v) is 1.35. The maximum Gasteiger partial charge on any atom is 0.223 e. The first kappa shape index (κ1) is 10.0. The second-order valence-corrected chi connectivity index (χ2v) is 3.09.